The number of carbonyl (C=O) groups is 1. The van der Waals surface area contributed by atoms with Crippen molar-refractivity contribution in [2.24, 2.45) is 0 Å². The van der Waals surface area contributed by atoms with E-state index in [1.54, 1.807) is 6.07 Å². The van der Waals surface area contributed by atoms with E-state index < -0.39 is 0 Å². The maximum absolute atomic E-state index is 11.8. The first-order valence-electron chi connectivity index (χ1n) is 5.40. The number of thioether (sulfide) groups is 1. The molecule has 19 heavy (non-hydrogen) atoms. The molecule has 0 aliphatic heterocycles. The monoisotopic (exact) mass is 297 g/mol. The lowest BCUT2D eigenvalue weighted by atomic mass is 10.2. The molecular formula is C11H12ClN5OS. The summed E-state index contributed by atoms with van der Waals surface area (Å²) in [6, 6.07) is 5.44. The molecule has 2 aromatic rings. The molecule has 1 aromatic heterocycles. The van der Waals surface area contributed by atoms with E-state index in [0.717, 1.165) is 5.56 Å². The van der Waals surface area contributed by atoms with Crippen molar-refractivity contribution in [3.63, 3.8) is 0 Å². The molecule has 1 aromatic carbocycles. The van der Waals surface area contributed by atoms with Gasteiger partial charge in [-0.05, 0) is 24.6 Å². The van der Waals surface area contributed by atoms with Crippen molar-refractivity contribution in [2.45, 2.75) is 12.1 Å². The van der Waals surface area contributed by atoms with Crippen LogP contribution in [0.15, 0.2) is 29.7 Å². The number of nitrogens with two attached hydrogens (primary N) is 1. The normalized spacial score (nSPS) is 10.4. The Morgan fingerprint density at radius 1 is 1.58 bits per heavy atom. The second-order valence-corrected chi connectivity index (χ2v) is 5.19. The number of amides is 1. The Balaban J connectivity index is 1.94. The minimum Gasteiger partial charge on any atom is -0.336 e. The van der Waals surface area contributed by atoms with E-state index in [2.05, 4.69) is 15.5 Å². The maximum Gasteiger partial charge on any atom is 0.234 e. The van der Waals surface area contributed by atoms with Gasteiger partial charge in [0.2, 0.25) is 11.1 Å². The van der Waals surface area contributed by atoms with E-state index in [4.69, 9.17) is 17.4 Å². The van der Waals surface area contributed by atoms with Gasteiger partial charge in [0, 0.05) is 0 Å². The lowest BCUT2D eigenvalue weighted by Gasteiger charge is -2.07. The molecule has 0 aliphatic carbocycles. The number of nitrogens with one attached hydrogen (secondary N) is 1. The van der Waals surface area contributed by atoms with Crippen molar-refractivity contribution in [2.75, 3.05) is 16.9 Å². The second-order valence-electron chi connectivity index (χ2n) is 3.84. The predicted molar refractivity (Wildman–Crippen MR) is 75.7 cm³/mol. The van der Waals surface area contributed by atoms with E-state index in [0.29, 0.717) is 15.9 Å². The Kier molecular flexibility index (Phi) is 4.28. The number of anilines is 1. The third-order valence-electron chi connectivity index (χ3n) is 2.27. The number of benzene rings is 1. The molecular weight excluding hydrogens is 286 g/mol. The van der Waals surface area contributed by atoms with Gasteiger partial charge in [0.15, 0.2) is 0 Å². The number of nitrogens with zero attached hydrogens (tertiary/aromatic N) is 3. The zero-order valence-corrected chi connectivity index (χ0v) is 11.7. The van der Waals surface area contributed by atoms with Gasteiger partial charge in [-0.25, -0.2) is 4.68 Å². The van der Waals surface area contributed by atoms with Gasteiger partial charge in [0.05, 0.1) is 16.5 Å². The summed E-state index contributed by atoms with van der Waals surface area (Å²) in [5.41, 5.74) is 1.62. The molecule has 1 amide bonds. The molecule has 0 radical (unpaired) electrons. The highest BCUT2D eigenvalue weighted by molar-refractivity contribution is 7.99. The molecule has 1 heterocycles. The summed E-state index contributed by atoms with van der Waals surface area (Å²) in [7, 11) is 0. The van der Waals surface area contributed by atoms with Gasteiger partial charge < -0.3 is 11.2 Å². The molecule has 0 spiro atoms. The molecule has 0 bridgehead atoms. The van der Waals surface area contributed by atoms with Crippen LogP contribution in [0.5, 0.6) is 0 Å². The number of hydrogen-bond donors (Lipinski definition) is 2. The second kappa shape index (κ2) is 5.94. The van der Waals surface area contributed by atoms with Gasteiger partial charge >= 0.3 is 0 Å². The lowest BCUT2D eigenvalue weighted by Crippen LogP contribution is -2.16. The Labute approximate surface area is 119 Å². The molecule has 0 atom stereocenters. The summed E-state index contributed by atoms with van der Waals surface area (Å²) >= 11 is 7.20. The molecule has 0 saturated heterocycles. The van der Waals surface area contributed by atoms with Crippen LogP contribution in [-0.2, 0) is 4.79 Å². The fourth-order valence-corrected chi connectivity index (χ4v) is 2.18. The fourth-order valence-electron chi connectivity index (χ4n) is 1.39. The van der Waals surface area contributed by atoms with Gasteiger partial charge in [-0.15, -0.1) is 10.2 Å². The van der Waals surface area contributed by atoms with Crippen LogP contribution in [0, 0.1) is 6.92 Å². The topological polar surface area (TPSA) is 85.8 Å². The lowest BCUT2D eigenvalue weighted by molar-refractivity contribution is -0.113. The highest BCUT2D eigenvalue weighted by atomic mass is 35.5. The molecule has 0 fully saturated rings. The van der Waals surface area contributed by atoms with E-state index in [1.807, 2.05) is 19.1 Å². The molecule has 0 aliphatic rings. The van der Waals surface area contributed by atoms with Crippen LogP contribution in [0.1, 0.15) is 5.56 Å². The van der Waals surface area contributed by atoms with Gasteiger partial charge in [0.25, 0.3) is 0 Å². The number of hydrogen-bond acceptors (Lipinski definition) is 5. The molecule has 0 unspecified atom stereocenters. The Bertz CT molecular complexity index is 601. The van der Waals surface area contributed by atoms with Crippen molar-refractivity contribution in [1.82, 2.24) is 14.9 Å². The Morgan fingerprint density at radius 3 is 3.05 bits per heavy atom. The highest BCUT2D eigenvalue weighted by Gasteiger charge is 2.09. The van der Waals surface area contributed by atoms with Crippen molar-refractivity contribution >= 4 is 35.0 Å². The number of aryl methyl sites for hydroxylation is 1. The van der Waals surface area contributed by atoms with Gasteiger partial charge in [-0.1, -0.05) is 29.4 Å². The molecule has 6 nitrogen and oxygen atoms in total. The third-order valence-corrected chi connectivity index (χ3v) is 3.56. The number of nitrogen functional groups attached to an aromatic ring is 1. The fraction of sp³-hybridized carbons (Fsp3) is 0.182. The summed E-state index contributed by atoms with van der Waals surface area (Å²) < 4.78 is 1.26. The molecule has 8 heteroatoms. The van der Waals surface area contributed by atoms with Crippen LogP contribution >= 0.6 is 23.4 Å². The summed E-state index contributed by atoms with van der Waals surface area (Å²) in [6.45, 7) is 1.93. The average molecular weight is 298 g/mol. The van der Waals surface area contributed by atoms with Crippen molar-refractivity contribution in [3.05, 3.63) is 35.1 Å². The summed E-state index contributed by atoms with van der Waals surface area (Å²) in [6.07, 6.45) is 1.37. The quantitative estimate of drug-likeness (QED) is 0.662. The predicted octanol–water partition coefficient (Wildman–Crippen LogP) is 1.68. The van der Waals surface area contributed by atoms with E-state index >= 15 is 0 Å². The summed E-state index contributed by atoms with van der Waals surface area (Å²) in [5, 5.41) is 11.1. The SMILES string of the molecule is Cc1ccc(Cl)c(NC(=O)CSc2nncn2N)c1. The molecule has 3 N–H and O–H groups in total. The maximum atomic E-state index is 11.8. The first kappa shape index (κ1) is 13.7. The minimum absolute atomic E-state index is 0.180. The average Bonchev–Trinajstić information content (AvgIpc) is 2.77. The number of rotatable bonds is 4. The van der Waals surface area contributed by atoms with Gasteiger partial charge in [-0.2, -0.15) is 0 Å². The van der Waals surface area contributed by atoms with Crippen molar-refractivity contribution < 1.29 is 4.79 Å². The van der Waals surface area contributed by atoms with E-state index in [1.165, 1.54) is 22.8 Å². The van der Waals surface area contributed by atoms with Crippen LogP contribution in [0.4, 0.5) is 5.69 Å². The van der Waals surface area contributed by atoms with Crippen LogP contribution in [0.3, 0.4) is 0 Å². The Hall–Kier alpha value is -1.73. The first-order valence-corrected chi connectivity index (χ1v) is 6.76. The standard InChI is InChI=1S/C11H12ClN5OS/c1-7-2-3-8(12)9(4-7)15-10(18)5-19-11-16-14-6-17(11)13/h2-4,6H,5,13H2,1H3,(H,15,18). The summed E-state index contributed by atoms with van der Waals surface area (Å²) in [5.74, 6) is 5.54. The molecule has 100 valence electrons. The largest absolute Gasteiger partial charge is 0.336 e. The Morgan fingerprint density at radius 2 is 2.37 bits per heavy atom. The smallest absolute Gasteiger partial charge is 0.234 e. The van der Waals surface area contributed by atoms with Crippen LogP contribution < -0.4 is 11.2 Å². The van der Waals surface area contributed by atoms with Gasteiger partial charge in [0.1, 0.15) is 6.33 Å². The first-order chi connectivity index (χ1) is 9.06. The third kappa shape index (κ3) is 3.62. The van der Waals surface area contributed by atoms with Crippen molar-refractivity contribution in [1.29, 1.82) is 0 Å². The van der Waals surface area contributed by atoms with Crippen LogP contribution in [0.25, 0.3) is 0 Å². The zero-order valence-electron chi connectivity index (χ0n) is 10.1. The number of aromatic nitrogens is 3. The van der Waals surface area contributed by atoms with Crippen LogP contribution in [-0.4, -0.2) is 26.5 Å². The number of halogens is 1. The minimum atomic E-state index is -0.180. The summed E-state index contributed by atoms with van der Waals surface area (Å²) in [4.78, 5) is 11.8. The highest BCUT2D eigenvalue weighted by Crippen LogP contribution is 2.23. The zero-order chi connectivity index (χ0) is 13.8. The number of carbonyl (C=O) groups excluding carboxylic acids is 1. The van der Waals surface area contributed by atoms with Gasteiger partial charge in [-0.3, -0.25) is 4.79 Å². The van der Waals surface area contributed by atoms with Crippen molar-refractivity contribution in [3.8, 4) is 0 Å². The van der Waals surface area contributed by atoms with E-state index in [9.17, 15) is 4.79 Å². The molecule has 2 rings (SSSR count). The van der Waals surface area contributed by atoms with Crippen LogP contribution in [0.2, 0.25) is 5.02 Å². The van der Waals surface area contributed by atoms with E-state index in [-0.39, 0.29) is 11.7 Å². The molecule has 0 saturated carbocycles.